The van der Waals surface area contributed by atoms with E-state index in [9.17, 15) is 13.6 Å². The van der Waals surface area contributed by atoms with Crippen molar-refractivity contribution in [1.82, 2.24) is 19.7 Å². The molecule has 0 bridgehead atoms. The summed E-state index contributed by atoms with van der Waals surface area (Å²) in [5, 5.41) is 7.01. The van der Waals surface area contributed by atoms with Crippen LogP contribution in [0.3, 0.4) is 0 Å². The number of carbonyl (C=O) groups excluding carboxylic acids is 1. The van der Waals surface area contributed by atoms with Gasteiger partial charge in [0.1, 0.15) is 11.6 Å². The zero-order chi connectivity index (χ0) is 19.5. The van der Waals surface area contributed by atoms with Gasteiger partial charge in [-0.2, -0.15) is 5.10 Å². The van der Waals surface area contributed by atoms with Crippen LogP contribution in [0.5, 0.6) is 0 Å². The lowest BCUT2D eigenvalue weighted by molar-refractivity contribution is 0.192. The quantitative estimate of drug-likeness (QED) is 0.745. The molecule has 1 saturated heterocycles. The maximum atomic E-state index is 14.1. The molecule has 2 amide bonds. The molecule has 1 N–H and O–H groups in total. The van der Waals surface area contributed by atoms with Gasteiger partial charge in [-0.3, -0.25) is 0 Å². The molecule has 1 aromatic carbocycles. The van der Waals surface area contributed by atoms with Crippen LogP contribution >= 0.6 is 0 Å². The summed E-state index contributed by atoms with van der Waals surface area (Å²) < 4.78 is 29.3. The normalized spacial score (nSPS) is 16.8. The van der Waals surface area contributed by atoms with Crippen LogP contribution in [-0.2, 0) is 0 Å². The number of amides is 2. The van der Waals surface area contributed by atoms with E-state index in [1.54, 1.807) is 46.4 Å². The maximum Gasteiger partial charge on any atom is 0.321 e. The fourth-order valence-electron chi connectivity index (χ4n) is 3.51. The van der Waals surface area contributed by atoms with Crippen LogP contribution in [-0.4, -0.2) is 38.8 Å². The first-order chi connectivity index (χ1) is 13.6. The molecule has 3 heterocycles. The smallest absolute Gasteiger partial charge is 0.321 e. The molecule has 3 aromatic rings. The Bertz CT molecular complexity index is 976. The van der Waals surface area contributed by atoms with Gasteiger partial charge in [0.15, 0.2) is 5.82 Å². The van der Waals surface area contributed by atoms with Gasteiger partial charge in [0, 0.05) is 37.6 Å². The summed E-state index contributed by atoms with van der Waals surface area (Å²) >= 11 is 0. The van der Waals surface area contributed by atoms with E-state index >= 15 is 0 Å². The van der Waals surface area contributed by atoms with E-state index in [1.807, 2.05) is 0 Å². The van der Waals surface area contributed by atoms with Crippen molar-refractivity contribution in [3.63, 3.8) is 0 Å². The SMILES string of the molecule is O=C(Nc1cccnc1-n1cccn1)N1CCC[C@H](c2cc(F)ccc2F)C1. The minimum absolute atomic E-state index is 0.241. The van der Waals surface area contributed by atoms with Crippen LogP contribution in [0.4, 0.5) is 19.3 Å². The van der Waals surface area contributed by atoms with E-state index in [1.165, 1.54) is 6.07 Å². The van der Waals surface area contributed by atoms with Crippen LogP contribution in [0.1, 0.15) is 24.3 Å². The van der Waals surface area contributed by atoms with Gasteiger partial charge in [0.2, 0.25) is 0 Å². The number of aromatic nitrogens is 3. The highest BCUT2D eigenvalue weighted by atomic mass is 19.1. The van der Waals surface area contributed by atoms with Gasteiger partial charge in [-0.05, 0) is 54.8 Å². The number of benzene rings is 1. The third-order valence-corrected chi connectivity index (χ3v) is 4.86. The number of halogens is 2. The Morgan fingerprint density at radius 3 is 2.89 bits per heavy atom. The van der Waals surface area contributed by atoms with Gasteiger partial charge in [0.25, 0.3) is 0 Å². The maximum absolute atomic E-state index is 14.1. The molecule has 28 heavy (non-hydrogen) atoms. The number of likely N-dealkylation sites (tertiary alicyclic amines) is 1. The minimum atomic E-state index is -0.475. The highest BCUT2D eigenvalue weighted by Gasteiger charge is 2.27. The third kappa shape index (κ3) is 3.71. The molecule has 1 aliphatic rings. The number of hydrogen-bond donors (Lipinski definition) is 1. The van der Waals surface area contributed by atoms with E-state index < -0.39 is 11.6 Å². The third-order valence-electron chi connectivity index (χ3n) is 4.86. The number of piperidine rings is 1. The first-order valence-corrected chi connectivity index (χ1v) is 9.08. The van der Waals surface area contributed by atoms with Crippen molar-refractivity contribution in [2.75, 3.05) is 18.4 Å². The zero-order valence-corrected chi connectivity index (χ0v) is 15.1. The van der Waals surface area contributed by atoms with Gasteiger partial charge in [0.05, 0.1) is 5.69 Å². The second kappa shape index (κ2) is 7.75. The first kappa shape index (κ1) is 18.1. The average molecular weight is 383 g/mol. The number of anilines is 1. The van der Waals surface area contributed by atoms with Crippen LogP contribution in [0, 0.1) is 11.6 Å². The van der Waals surface area contributed by atoms with Crippen molar-refractivity contribution in [2.45, 2.75) is 18.8 Å². The van der Waals surface area contributed by atoms with Gasteiger partial charge in [-0.15, -0.1) is 0 Å². The largest absolute Gasteiger partial charge is 0.324 e. The lowest BCUT2D eigenvalue weighted by Gasteiger charge is -2.33. The highest BCUT2D eigenvalue weighted by Crippen LogP contribution is 2.30. The summed E-state index contributed by atoms with van der Waals surface area (Å²) in [7, 11) is 0. The Balaban J connectivity index is 1.51. The average Bonchev–Trinajstić information content (AvgIpc) is 3.25. The molecule has 0 saturated carbocycles. The Hall–Kier alpha value is -3.29. The highest BCUT2D eigenvalue weighted by molar-refractivity contribution is 5.91. The summed E-state index contributed by atoms with van der Waals surface area (Å²) in [6.07, 6.45) is 6.41. The Morgan fingerprint density at radius 1 is 1.18 bits per heavy atom. The summed E-state index contributed by atoms with van der Waals surface area (Å²) in [5.74, 6) is -0.653. The summed E-state index contributed by atoms with van der Waals surface area (Å²) in [5.41, 5.74) is 0.839. The van der Waals surface area contributed by atoms with Crippen molar-refractivity contribution >= 4 is 11.7 Å². The summed E-state index contributed by atoms with van der Waals surface area (Å²) in [6, 6.07) is 8.39. The molecule has 6 nitrogen and oxygen atoms in total. The van der Waals surface area contributed by atoms with Gasteiger partial charge >= 0.3 is 6.03 Å². The topological polar surface area (TPSA) is 63.1 Å². The van der Waals surface area contributed by atoms with Crippen molar-refractivity contribution < 1.29 is 13.6 Å². The van der Waals surface area contributed by atoms with Crippen molar-refractivity contribution in [2.24, 2.45) is 0 Å². The summed E-state index contributed by atoms with van der Waals surface area (Å²) in [4.78, 5) is 18.7. The molecule has 2 aromatic heterocycles. The predicted octanol–water partition coefficient (Wildman–Crippen LogP) is 3.96. The summed E-state index contributed by atoms with van der Waals surface area (Å²) in [6.45, 7) is 0.875. The monoisotopic (exact) mass is 383 g/mol. The number of urea groups is 1. The Kier molecular flexibility index (Phi) is 5.01. The van der Waals surface area contributed by atoms with Crippen LogP contribution in [0.2, 0.25) is 0 Å². The van der Waals surface area contributed by atoms with Gasteiger partial charge in [-0.25, -0.2) is 23.2 Å². The fraction of sp³-hybridized carbons (Fsp3) is 0.250. The van der Waals surface area contributed by atoms with Gasteiger partial charge < -0.3 is 10.2 Å². The number of nitrogens with zero attached hydrogens (tertiary/aromatic N) is 4. The van der Waals surface area contributed by atoms with Crippen molar-refractivity contribution in [3.8, 4) is 5.82 Å². The molecule has 0 spiro atoms. The molecule has 0 radical (unpaired) electrons. The van der Waals surface area contributed by atoms with Crippen LogP contribution < -0.4 is 5.32 Å². The second-order valence-electron chi connectivity index (χ2n) is 6.71. The molecule has 4 rings (SSSR count). The lowest BCUT2D eigenvalue weighted by Crippen LogP contribution is -2.42. The number of carbonyl (C=O) groups is 1. The van der Waals surface area contributed by atoms with E-state index in [2.05, 4.69) is 15.4 Å². The van der Waals surface area contributed by atoms with E-state index in [4.69, 9.17) is 0 Å². The second-order valence-corrected chi connectivity index (χ2v) is 6.71. The lowest BCUT2D eigenvalue weighted by atomic mass is 9.90. The molecule has 0 aliphatic carbocycles. The molecule has 0 unspecified atom stereocenters. The Morgan fingerprint density at radius 2 is 2.07 bits per heavy atom. The molecule has 1 atom stereocenters. The fourth-order valence-corrected chi connectivity index (χ4v) is 3.51. The number of hydrogen-bond acceptors (Lipinski definition) is 3. The van der Waals surface area contributed by atoms with Gasteiger partial charge in [-0.1, -0.05) is 0 Å². The predicted molar refractivity (Wildman–Crippen MR) is 100 cm³/mol. The Labute approximate surface area is 160 Å². The van der Waals surface area contributed by atoms with Crippen LogP contribution in [0.25, 0.3) is 5.82 Å². The van der Waals surface area contributed by atoms with Crippen molar-refractivity contribution in [3.05, 3.63) is 72.2 Å². The minimum Gasteiger partial charge on any atom is -0.324 e. The molecule has 1 aliphatic heterocycles. The first-order valence-electron chi connectivity index (χ1n) is 9.08. The van der Waals surface area contributed by atoms with E-state index in [0.717, 1.165) is 12.1 Å². The molecular formula is C20H19F2N5O. The number of pyridine rings is 1. The van der Waals surface area contributed by atoms with Crippen LogP contribution in [0.15, 0.2) is 55.0 Å². The zero-order valence-electron chi connectivity index (χ0n) is 15.1. The molecule has 144 valence electrons. The molecule has 1 fully saturated rings. The number of rotatable bonds is 3. The number of nitrogens with one attached hydrogen (secondary N) is 1. The van der Waals surface area contributed by atoms with E-state index in [0.29, 0.717) is 43.0 Å². The van der Waals surface area contributed by atoms with Crippen molar-refractivity contribution in [1.29, 1.82) is 0 Å². The molecular weight excluding hydrogens is 364 g/mol. The molecule has 8 heteroatoms. The standard InChI is InChI=1S/C20H19F2N5O/c21-15-6-7-17(22)16(12-15)14-4-2-10-26(13-14)20(28)25-18-5-1-8-23-19(18)27-11-3-9-24-27/h1,3,5-9,11-12,14H,2,4,10,13H2,(H,25,28)/t14-/m0/s1. The van der Waals surface area contributed by atoms with E-state index in [-0.39, 0.29) is 11.9 Å².